The highest BCUT2D eigenvalue weighted by Crippen LogP contribution is 2.18. The Bertz CT molecular complexity index is 481. The molecule has 0 aliphatic carbocycles. The van der Waals surface area contributed by atoms with E-state index in [9.17, 15) is 4.79 Å². The molecule has 0 bridgehead atoms. The minimum Gasteiger partial charge on any atom is -0.383 e. The third kappa shape index (κ3) is 4.51. The average molecular weight is 323 g/mol. The quantitative estimate of drug-likeness (QED) is 0.784. The van der Waals surface area contributed by atoms with Crippen molar-refractivity contribution in [1.82, 2.24) is 25.2 Å². The summed E-state index contributed by atoms with van der Waals surface area (Å²) in [4.78, 5) is 14.7. The number of piperidine rings is 1. The first-order chi connectivity index (χ1) is 11.2. The predicted octanol–water partition coefficient (Wildman–Crippen LogP) is 1.48. The van der Waals surface area contributed by atoms with Gasteiger partial charge in [0.1, 0.15) is 0 Å². The molecule has 23 heavy (non-hydrogen) atoms. The summed E-state index contributed by atoms with van der Waals surface area (Å²) < 4.78 is 7.01. The summed E-state index contributed by atoms with van der Waals surface area (Å²) in [7, 11) is 1.66. The second kappa shape index (κ2) is 8.98. The zero-order chi connectivity index (χ0) is 16.7. The van der Waals surface area contributed by atoms with Crippen LogP contribution in [0.15, 0.2) is 6.20 Å². The number of hydrogen-bond acceptors (Lipinski definition) is 5. The molecule has 1 saturated heterocycles. The van der Waals surface area contributed by atoms with Gasteiger partial charge in [0.25, 0.3) is 5.91 Å². The fourth-order valence-electron chi connectivity index (χ4n) is 3.14. The van der Waals surface area contributed by atoms with Crippen molar-refractivity contribution in [3.05, 3.63) is 11.9 Å². The standard InChI is InChI=1S/C16H29N5O2/c1-4-13(5-2)20(10-11-23-3)16(22)15-12-21(19-18-15)14-6-8-17-9-7-14/h12-14,17H,4-11H2,1-3H3. The van der Waals surface area contributed by atoms with Crippen LogP contribution in [0.5, 0.6) is 0 Å². The molecule has 2 heterocycles. The zero-order valence-electron chi connectivity index (χ0n) is 14.5. The van der Waals surface area contributed by atoms with Crippen molar-refractivity contribution in [1.29, 1.82) is 0 Å². The van der Waals surface area contributed by atoms with Crippen LogP contribution in [0, 0.1) is 0 Å². The van der Waals surface area contributed by atoms with Crippen LogP contribution in [0.2, 0.25) is 0 Å². The normalized spacial score (nSPS) is 16.0. The van der Waals surface area contributed by atoms with Gasteiger partial charge in [-0.3, -0.25) is 4.79 Å². The maximum Gasteiger partial charge on any atom is 0.276 e. The third-order valence-electron chi connectivity index (χ3n) is 4.59. The molecule has 1 fully saturated rings. The van der Waals surface area contributed by atoms with E-state index in [0.29, 0.717) is 24.9 Å². The van der Waals surface area contributed by atoms with Crippen LogP contribution in [0.25, 0.3) is 0 Å². The lowest BCUT2D eigenvalue weighted by molar-refractivity contribution is 0.0583. The van der Waals surface area contributed by atoms with Crippen LogP contribution in [-0.2, 0) is 4.74 Å². The Morgan fingerprint density at radius 1 is 1.43 bits per heavy atom. The van der Waals surface area contributed by atoms with Crippen molar-refractivity contribution in [2.24, 2.45) is 0 Å². The minimum atomic E-state index is -0.0454. The molecular weight excluding hydrogens is 294 g/mol. The Balaban J connectivity index is 2.10. The Morgan fingerprint density at radius 2 is 2.13 bits per heavy atom. The summed E-state index contributed by atoms with van der Waals surface area (Å²) in [5.41, 5.74) is 0.437. The monoisotopic (exact) mass is 323 g/mol. The van der Waals surface area contributed by atoms with Gasteiger partial charge >= 0.3 is 0 Å². The Morgan fingerprint density at radius 3 is 2.74 bits per heavy atom. The van der Waals surface area contributed by atoms with E-state index >= 15 is 0 Å². The number of amides is 1. The predicted molar refractivity (Wildman–Crippen MR) is 88.4 cm³/mol. The topological polar surface area (TPSA) is 72.3 Å². The van der Waals surface area contributed by atoms with E-state index in [1.807, 2.05) is 9.58 Å². The molecule has 1 N–H and O–H groups in total. The van der Waals surface area contributed by atoms with Gasteiger partial charge in [-0.05, 0) is 38.8 Å². The second-order valence-corrected chi connectivity index (χ2v) is 6.03. The SMILES string of the molecule is CCC(CC)N(CCOC)C(=O)c1cn(C2CCNCC2)nn1. The Labute approximate surface area is 138 Å². The van der Waals surface area contributed by atoms with Gasteiger partial charge in [-0.2, -0.15) is 0 Å². The number of nitrogens with zero attached hydrogens (tertiary/aromatic N) is 4. The van der Waals surface area contributed by atoms with E-state index in [0.717, 1.165) is 38.8 Å². The van der Waals surface area contributed by atoms with Gasteiger partial charge in [0, 0.05) is 19.7 Å². The van der Waals surface area contributed by atoms with Crippen molar-refractivity contribution in [3.8, 4) is 0 Å². The molecule has 0 saturated carbocycles. The van der Waals surface area contributed by atoms with Crippen LogP contribution in [-0.4, -0.2) is 65.2 Å². The third-order valence-corrected chi connectivity index (χ3v) is 4.59. The fourth-order valence-corrected chi connectivity index (χ4v) is 3.14. The smallest absolute Gasteiger partial charge is 0.276 e. The number of carbonyl (C=O) groups excluding carboxylic acids is 1. The van der Waals surface area contributed by atoms with Crippen molar-refractivity contribution in [2.45, 2.75) is 51.6 Å². The van der Waals surface area contributed by atoms with Gasteiger partial charge in [0.15, 0.2) is 5.69 Å². The number of hydrogen-bond donors (Lipinski definition) is 1. The first-order valence-electron chi connectivity index (χ1n) is 8.63. The first kappa shape index (κ1) is 17.9. The number of aromatic nitrogens is 3. The molecule has 1 aliphatic heterocycles. The molecule has 0 atom stereocenters. The van der Waals surface area contributed by atoms with Gasteiger partial charge in [-0.15, -0.1) is 5.10 Å². The van der Waals surface area contributed by atoms with Crippen molar-refractivity contribution in [2.75, 3.05) is 33.4 Å². The van der Waals surface area contributed by atoms with Gasteiger partial charge in [-0.25, -0.2) is 4.68 Å². The van der Waals surface area contributed by atoms with Crippen molar-refractivity contribution < 1.29 is 9.53 Å². The van der Waals surface area contributed by atoms with E-state index in [1.54, 1.807) is 13.3 Å². The van der Waals surface area contributed by atoms with Crippen LogP contribution in [0.1, 0.15) is 56.1 Å². The van der Waals surface area contributed by atoms with Crippen LogP contribution < -0.4 is 5.32 Å². The maximum absolute atomic E-state index is 12.8. The van der Waals surface area contributed by atoms with Gasteiger partial charge in [0.05, 0.1) is 18.8 Å². The molecule has 0 aromatic carbocycles. The van der Waals surface area contributed by atoms with E-state index in [-0.39, 0.29) is 11.9 Å². The lowest BCUT2D eigenvalue weighted by Crippen LogP contribution is -2.42. The van der Waals surface area contributed by atoms with Crippen molar-refractivity contribution >= 4 is 5.91 Å². The van der Waals surface area contributed by atoms with Crippen LogP contribution >= 0.6 is 0 Å². The lowest BCUT2D eigenvalue weighted by atomic mass is 10.1. The zero-order valence-corrected chi connectivity index (χ0v) is 14.5. The first-order valence-corrected chi connectivity index (χ1v) is 8.63. The van der Waals surface area contributed by atoms with Crippen LogP contribution in [0.4, 0.5) is 0 Å². The van der Waals surface area contributed by atoms with E-state index in [4.69, 9.17) is 4.74 Å². The molecule has 0 unspecified atom stereocenters. The van der Waals surface area contributed by atoms with Gasteiger partial charge < -0.3 is 15.0 Å². The molecular formula is C16H29N5O2. The van der Waals surface area contributed by atoms with Gasteiger partial charge in [0.2, 0.25) is 0 Å². The Hall–Kier alpha value is -1.47. The molecule has 0 radical (unpaired) electrons. The Kier molecular flexibility index (Phi) is 6.98. The second-order valence-electron chi connectivity index (χ2n) is 6.03. The van der Waals surface area contributed by atoms with E-state index in [2.05, 4.69) is 29.5 Å². The summed E-state index contributed by atoms with van der Waals surface area (Å²) in [5, 5.41) is 11.7. The number of carbonyl (C=O) groups is 1. The largest absolute Gasteiger partial charge is 0.383 e. The number of rotatable bonds is 8. The molecule has 1 aromatic heterocycles. The van der Waals surface area contributed by atoms with E-state index < -0.39 is 0 Å². The van der Waals surface area contributed by atoms with Gasteiger partial charge in [-0.1, -0.05) is 19.1 Å². The number of ether oxygens (including phenoxy) is 1. The lowest BCUT2D eigenvalue weighted by Gasteiger charge is -2.29. The highest BCUT2D eigenvalue weighted by Gasteiger charge is 2.25. The summed E-state index contributed by atoms with van der Waals surface area (Å²) >= 11 is 0. The summed E-state index contributed by atoms with van der Waals surface area (Å²) in [6.45, 7) is 7.30. The fraction of sp³-hybridized carbons (Fsp3) is 0.812. The molecule has 1 aliphatic rings. The molecule has 130 valence electrons. The average Bonchev–Trinajstić information content (AvgIpc) is 3.09. The number of nitrogens with one attached hydrogen (secondary N) is 1. The molecule has 7 nitrogen and oxygen atoms in total. The number of methoxy groups -OCH3 is 1. The highest BCUT2D eigenvalue weighted by molar-refractivity contribution is 5.92. The molecule has 2 rings (SSSR count). The summed E-state index contributed by atoms with van der Waals surface area (Å²) in [6, 6.07) is 0.549. The van der Waals surface area contributed by atoms with E-state index in [1.165, 1.54) is 0 Å². The maximum atomic E-state index is 12.8. The minimum absolute atomic E-state index is 0.0454. The molecule has 0 spiro atoms. The van der Waals surface area contributed by atoms with Crippen LogP contribution in [0.3, 0.4) is 0 Å². The summed E-state index contributed by atoms with van der Waals surface area (Å²) in [5.74, 6) is -0.0454. The summed E-state index contributed by atoms with van der Waals surface area (Å²) in [6.07, 6.45) is 5.71. The van der Waals surface area contributed by atoms with Crippen molar-refractivity contribution in [3.63, 3.8) is 0 Å². The molecule has 7 heteroatoms. The highest BCUT2D eigenvalue weighted by atomic mass is 16.5. The molecule has 1 amide bonds. The molecule has 1 aromatic rings.